The second kappa shape index (κ2) is 7.33. The summed E-state index contributed by atoms with van der Waals surface area (Å²) in [7, 11) is 0. The molecule has 2 aliphatic heterocycles. The van der Waals surface area contributed by atoms with Crippen LogP contribution in [0, 0.1) is 0 Å². The minimum absolute atomic E-state index is 0.105. The smallest absolute Gasteiger partial charge is 0.410 e. The van der Waals surface area contributed by atoms with Gasteiger partial charge in [0.15, 0.2) is 0 Å². The number of amides is 1. The third-order valence-electron chi connectivity index (χ3n) is 5.57. The number of benzene rings is 1. The fourth-order valence-electron chi connectivity index (χ4n) is 4.15. The molecule has 1 amide bonds. The minimum Gasteiger partial charge on any atom is -0.444 e. The molecule has 2 saturated heterocycles. The van der Waals surface area contributed by atoms with Gasteiger partial charge in [-0.2, -0.15) is 0 Å². The molecule has 0 saturated carbocycles. The van der Waals surface area contributed by atoms with Gasteiger partial charge in [0.2, 0.25) is 0 Å². The topological polar surface area (TPSA) is 63.7 Å². The molecule has 0 radical (unpaired) electrons. The van der Waals surface area contributed by atoms with Crippen LogP contribution in [0.2, 0.25) is 0 Å². The van der Waals surface area contributed by atoms with Gasteiger partial charge in [-0.25, -0.2) is 4.79 Å². The summed E-state index contributed by atoms with van der Waals surface area (Å²) in [6, 6.07) is 10.4. The van der Waals surface area contributed by atoms with Crippen LogP contribution in [0.5, 0.6) is 0 Å². The molecule has 1 aromatic heterocycles. The predicted octanol–water partition coefficient (Wildman–Crippen LogP) is 3.67. The lowest BCUT2D eigenvalue weighted by Crippen LogP contribution is -2.61. The van der Waals surface area contributed by atoms with E-state index in [9.17, 15) is 4.79 Å². The molecule has 3 heterocycles. The molecule has 1 N–H and O–H groups in total. The van der Waals surface area contributed by atoms with E-state index in [-0.39, 0.29) is 17.7 Å². The molecule has 2 fully saturated rings. The standard InChI is InChI=1S/C22H29N3O3/c1-21(2,3)28-20(26)25-12-9-22(10-13-25)15-27-14-19(24-22)17-8-11-23-18-7-5-4-6-16(17)18/h4-8,11,19,24H,9-10,12-15H2,1-3H3/t19-/m1/s1. The number of rotatable bonds is 1. The number of pyridine rings is 1. The fourth-order valence-corrected chi connectivity index (χ4v) is 4.15. The molecular weight excluding hydrogens is 354 g/mol. The van der Waals surface area contributed by atoms with E-state index >= 15 is 0 Å². The number of carbonyl (C=O) groups is 1. The molecular formula is C22H29N3O3. The fraction of sp³-hybridized carbons (Fsp3) is 0.545. The van der Waals surface area contributed by atoms with Crippen molar-refractivity contribution in [1.29, 1.82) is 0 Å². The number of likely N-dealkylation sites (tertiary alicyclic amines) is 1. The summed E-state index contributed by atoms with van der Waals surface area (Å²) < 4.78 is 11.6. The van der Waals surface area contributed by atoms with E-state index in [0.29, 0.717) is 26.3 Å². The van der Waals surface area contributed by atoms with Gasteiger partial charge in [0, 0.05) is 30.2 Å². The van der Waals surface area contributed by atoms with E-state index in [4.69, 9.17) is 9.47 Å². The second-order valence-electron chi connectivity index (χ2n) is 8.88. The van der Waals surface area contributed by atoms with Gasteiger partial charge in [0.1, 0.15) is 5.60 Å². The van der Waals surface area contributed by atoms with Gasteiger partial charge in [0.05, 0.1) is 24.8 Å². The lowest BCUT2D eigenvalue weighted by Gasteiger charge is -2.47. The van der Waals surface area contributed by atoms with Crippen LogP contribution in [0.1, 0.15) is 45.2 Å². The molecule has 6 nitrogen and oxygen atoms in total. The van der Waals surface area contributed by atoms with Gasteiger partial charge in [-0.15, -0.1) is 0 Å². The minimum atomic E-state index is -0.466. The molecule has 4 rings (SSSR count). The van der Waals surface area contributed by atoms with Crippen molar-refractivity contribution in [2.24, 2.45) is 0 Å². The first-order valence-electron chi connectivity index (χ1n) is 10.0. The van der Waals surface area contributed by atoms with Crippen molar-refractivity contribution in [2.45, 2.75) is 50.8 Å². The number of piperidine rings is 1. The average molecular weight is 383 g/mol. The highest BCUT2D eigenvalue weighted by molar-refractivity contribution is 5.82. The van der Waals surface area contributed by atoms with E-state index in [1.54, 1.807) is 0 Å². The summed E-state index contributed by atoms with van der Waals surface area (Å²) in [5, 5.41) is 5.01. The van der Waals surface area contributed by atoms with E-state index < -0.39 is 5.60 Å². The van der Waals surface area contributed by atoms with E-state index in [0.717, 1.165) is 23.7 Å². The van der Waals surface area contributed by atoms with Crippen molar-refractivity contribution in [3.63, 3.8) is 0 Å². The van der Waals surface area contributed by atoms with Crippen LogP contribution in [0.15, 0.2) is 36.5 Å². The Balaban J connectivity index is 1.47. The Bertz CT molecular complexity index is 848. The molecule has 28 heavy (non-hydrogen) atoms. The molecule has 0 bridgehead atoms. The zero-order chi connectivity index (χ0) is 19.8. The Morgan fingerprint density at radius 3 is 2.75 bits per heavy atom. The molecule has 1 spiro atoms. The van der Waals surface area contributed by atoms with E-state index in [1.807, 2.05) is 50.1 Å². The molecule has 2 aromatic rings. The van der Waals surface area contributed by atoms with Crippen LogP contribution in [-0.2, 0) is 9.47 Å². The first-order chi connectivity index (χ1) is 13.4. The molecule has 2 aliphatic rings. The zero-order valence-electron chi connectivity index (χ0n) is 16.9. The average Bonchev–Trinajstić information content (AvgIpc) is 2.67. The van der Waals surface area contributed by atoms with Gasteiger partial charge >= 0.3 is 6.09 Å². The maximum Gasteiger partial charge on any atom is 0.410 e. The molecule has 150 valence electrons. The van der Waals surface area contributed by atoms with Gasteiger partial charge in [-0.3, -0.25) is 4.98 Å². The summed E-state index contributed by atoms with van der Waals surface area (Å²) >= 11 is 0. The number of hydrogen-bond acceptors (Lipinski definition) is 5. The maximum absolute atomic E-state index is 12.4. The Morgan fingerprint density at radius 1 is 1.25 bits per heavy atom. The number of morpholine rings is 1. The highest BCUT2D eigenvalue weighted by atomic mass is 16.6. The number of carbonyl (C=O) groups excluding carboxylic acids is 1. The van der Waals surface area contributed by atoms with Gasteiger partial charge < -0.3 is 19.7 Å². The lowest BCUT2D eigenvalue weighted by molar-refractivity contribution is -0.0354. The first-order valence-corrected chi connectivity index (χ1v) is 10.0. The SMILES string of the molecule is CC(C)(C)OC(=O)N1CCC2(CC1)COC[C@H](c1ccnc3ccccc13)N2. The summed E-state index contributed by atoms with van der Waals surface area (Å²) in [5.74, 6) is 0. The summed E-state index contributed by atoms with van der Waals surface area (Å²) in [6.45, 7) is 8.37. The number of para-hydroxylation sites is 1. The van der Waals surface area contributed by atoms with Gasteiger partial charge in [0.25, 0.3) is 0 Å². The number of ether oxygens (including phenoxy) is 2. The summed E-state index contributed by atoms with van der Waals surface area (Å²) in [5.41, 5.74) is 1.65. The third-order valence-corrected chi connectivity index (χ3v) is 5.57. The Hall–Kier alpha value is -2.18. The van der Waals surface area contributed by atoms with Crippen molar-refractivity contribution in [2.75, 3.05) is 26.3 Å². The Morgan fingerprint density at radius 2 is 2.00 bits per heavy atom. The van der Waals surface area contributed by atoms with Crippen LogP contribution < -0.4 is 5.32 Å². The molecule has 1 atom stereocenters. The van der Waals surface area contributed by atoms with Crippen molar-refractivity contribution in [3.05, 3.63) is 42.1 Å². The third kappa shape index (κ3) is 3.98. The number of aromatic nitrogens is 1. The number of fused-ring (bicyclic) bond motifs is 1. The Labute approximate surface area is 166 Å². The highest BCUT2D eigenvalue weighted by Crippen LogP contribution is 2.33. The van der Waals surface area contributed by atoms with Crippen LogP contribution in [-0.4, -0.2) is 53.4 Å². The Kier molecular flexibility index (Phi) is 5.02. The first kappa shape index (κ1) is 19.2. The summed E-state index contributed by atoms with van der Waals surface area (Å²) in [4.78, 5) is 18.6. The van der Waals surface area contributed by atoms with Crippen molar-refractivity contribution in [3.8, 4) is 0 Å². The largest absolute Gasteiger partial charge is 0.444 e. The zero-order valence-corrected chi connectivity index (χ0v) is 16.9. The maximum atomic E-state index is 12.4. The highest BCUT2D eigenvalue weighted by Gasteiger charge is 2.41. The predicted molar refractivity (Wildman–Crippen MR) is 108 cm³/mol. The molecule has 0 aliphatic carbocycles. The van der Waals surface area contributed by atoms with E-state index in [1.165, 1.54) is 5.56 Å². The van der Waals surface area contributed by atoms with Crippen molar-refractivity contribution < 1.29 is 14.3 Å². The van der Waals surface area contributed by atoms with Gasteiger partial charge in [-0.1, -0.05) is 18.2 Å². The molecule has 1 aromatic carbocycles. The number of nitrogens with one attached hydrogen (secondary N) is 1. The van der Waals surface area contributed by atoms with Crippen molar-refractivity contribution in [1.82, 2.24) is 15.2 Å². The molecule has 6 heteroatoms. The van der Waals surface area contributed by atoms with Gasteiger partial charge in [-0.05, 0) is 51.3 Å². The molecule has 0 unspecified atom stereocenters. The lowest BCUT2D eigenvalue weighted by atomic mass is 9.85. The second-order valence-corrected chi connectivity index (χ2v) is 8.88. The van der Waals surface area contributed by atoms with Crippen molar-refractivity contribution >= 4 is 17.0 Å². The van der Waals surface area contributed by atoms with E-state index in [2.05, 4.69) is 22.4 Å². The van der Waals surface area contributed by atoms with Crippen LogP contribution >= 0.6 is 0 Å². The van der Waals surface area contributed by atoms with Crippen LogP contribution in [0.3, 0.4) is 0 Å². The number of hydrogen-bond donors (Lipinski definition) is 1. The quantitative estimate of drug-likeness (QED) is 0.814. The van der Waals surface area contributed by atoms with Crippen LogP contribution in [0.25, 0.3) is 10.9 Å². The van der Waals surface area contributed by atoms with Crippen LogP contribution in [0.4, 0.5) is 4.79 Å². The number of nitrogens with zero attached hydrogens (tertiary/aromatic N) is 2. The normalized spacial score (nSPS) is 22.4. The monoisotopic (exact) mass is 383 g/mol. The summed E-state index contributed by atoms with van der Waals surface area (Å²) in [6.07, 6.45) is 3.35.